The van der Waals surface area contributed by atoms with E-state index in [1.165, 1.54) is 19.3 Å². The molecule has 152 valence electrons. The number of carboxylic acids is 1. The molecule has 4 bridgehead atoms. The molecule has 0 aromatic carbocycles. The first-order chi connectivity index (χ1) is 14.0. The summed E-state index contributed by atoms with van der Waals surface area (Å²) < 4.78 is 1.60. The van der Waals surface area contributed by atoms with Crippen LogP contribution in [0.3, 0.4) is 0 Å². The molecular weight excluding hydrogens is 366 g/mol. The summed E-state index contributed by atoms with van der Waals surface area (Å²) in [5, 5.41) is 14.7. The Bertz CT molecular complexity index is 873. The third kappa shape index (κ3) is 3.09. The van der Waals surface area contributed by atoms with E-state index in [9.17, 15) is 14.7 Å². The van der Waals surface area contributed by atoms with Gasteiger partial charge in [0.2, 0.25) is 0 Å². The molecule has 4 saturated carbocycles. The fourth-order valence-electron chi connectivity index (χ4n) is 6.86. The van der Waals surface area contributed by atoms with Crippen LogP contribution in [0.4, 0.5) is 0 Å². The molecule has 2 heterocycles. The number of aliphatic carboxylic acids is 1. The second-order valence-corrected chi connectivity index (χ2v) is 9.65. The fourth-order valence-corrected chi connectivity index (χ4v) is 6.86. The van der Waals surface area contributed by atoms with Crippen LogP contribution in [0.15, 0.2) is 43.0 Å². The number of carboxylic acid groups (broad SMARTS) is 1. The quantitative estimate of drug-likeness (QED) is 0.729. The number of hydrogen-bond acceptors (Lipinski definition) is 4. The summed E-state index contributed by atoms with van der Waals surface area (Å²) in [5.41, 5.74) is -1.17. The van der Waals surface area contributed by atoms with E-state index in [0.717, 1.165) is 24.8 Å². The highest BCUT2D eigenvalue weighted by molar-refractivity contribution is 6.06. The first-order valence-electron chi connectivity index (χ1n) is 10.6. The van der Waals surface area contributed by atoms with Crippen molar-refractivity contribution in [2.75, 3.05) is 0 Å². The van der Waals surface area contributed by atoms with E-state index < -0.39 is 16.8 Å². The van der Waals surface area contributed by atoms with Crippen molar-refractivity contribution < 1.29 is 14.7 Å². The third-order valence-electron chi connectivity index (χ3n) is 7.61. The lowest BCUT2D eigenvalue weighted by molar-refractivity contribution is -0.169. The van der Waals surface area contributed by atoms with Gasteiger partial charge < -0.3 is 5.11 Å². The van der Waals surface area contributed by atoms with Gasteiger partial charge in [0.25, 0.3) is 0 Å². The van der Waals surface area contributed by atoms with E-state index >= 15 is 0 Å². The highest BCUT2D eigenvalue weighted by atomic mass is 16.4. The van der Waals surface area contributed by atoms with Gasteiger partial charge >= 0.3 is 5.97 Å². The van der Waals surface area contributed by atoms with Gasteiger partial charge in [-0.3, -0.25) is 19.3 Å². The fraction of sp³-hybridized carbons (Fsp3) is 0.565. The van der Waals surface area contributed by atoms with Crippen molar-refractivity contribution in [1.82, 2.24) is 14.8 Å². The molecule has 2 aromatic heterocycles. The third-order valence-corrected chi connectivity index (χ3v) is 7.61. The van der Waals surface area contributed by atoms with E-state index in [1.54, 1.807) is 35.5 Å². The van der Waals surface area contributed by atoms with E-state index in [2.05, 4.69) is 10.1 Å². The Labute approximate surface area is 170 Å². The number of aromatic nitrogens is 3. The second kappa shape index (κ2) is 6.78. The number of hydrogen-bond donors (Lipinski definition) is 1. The normalized spacial score (nSPS) is 32.1. The molecule has 29 heavy (non-hydrogen) atoms. The summed E-state index contributed by atoms with van der Waals surface area (Å²) in [6.45, 7) is 0.0677. The van der Waals surface area contributed by atoms with Gasteiger partial charge in [-0.25, -0.2) is 0 Å². The smallest absolute Gasteiger partial charge is 0.319 e. The molecule has 0 aliphatic heterocycles. The Morgan fingerprint density at radius 2 is 1.69 bits per heavy atom. The van der Waals surface area contributed by atoms with Crippen LogP contribution in [0.5, 0.6) is 0 Å². The number of nitrogens with zero attached hydrogens (tertiary/aromatic N) is 3. The van der Waals surface area contributed by atoms with Gasteiger partial charge in [-0.1, -0.05) is 0 Å². The maximum atomic E-state index is 14.3. The lowest BCUT2D eigenvalue weighted by Crippen LogP contribution is -2.58. The van der Waals surface area contributed by atoms with E-state index in [0.29, 0.717) is 17.8 Å². The lowest BCUT2D eigenvalue weighted by Gasteiger charge is -2.57. The first kappa shape index (κ1) is 18.5. The number of ketones is 1. The maximum Gasteiger partial charge on any atom is 0.319 e. The summed E-state index contributed by atoms with van der Waals surface area (Å²) >= 11 is 0. The van der Waals surface area contributed by atoms with Gasteiger partial charge in [0, 0.05) is 30.2 Å². The summed E-state index contributed by atoms with van der Waals surface area (Å²) in [4.78, 5) is 31.1. The minimum Gasteiger partial charge on any atom is -0.480 e. The Morgan fingerprint density at radius 1 is 1.07 bits per heavy atom. The second-order valence-electron chi connectivity index (χ2n) is 9.65. The molecule has 0 radical (unpaired) electrons. The maximum absolute atomic E-state index is 14.3. The van der Waals surface area contributed by atoms with Crippen LogP contribution in [0.1, 0.15) is 44.1 Å². The summed E-state index contributed by atoms with van der Waals surface area (Å²) in [5.74, 6) is 0.654. The highest BCUT2D eigenvalue weighted by Crippen LogP contribution is 2.62. The molecule has 6 heteroatoms. The van der Waals surface area contributed by atoms with Crippen LogP contribution in [-0.4, -0.2) is 31.6 Å². The zero-order valence-electron chi connectivity index (χ0n) is 16.5. The Balaban J connectivity index is 1.57. The van der Waals surface area contributed by atoms with Crippen LogP contribution in [0.2, 0.25) is 0 Å². The largest absolute Gasteiger partial charge is 0.480 e. The molecule has 4 fully saturated rings. The Hall–Kier alpha value is -2.50. The topological polar surface area (TPSA) is 85.1 Å². The van der Waals surface area contributed by atoms with Crippen molar-refractivity contribution in [2.24, 2.45) is 28.6 Å². The van der Waals surface area contributed by atoms with Gasteiger partial charge in [0.05, 0.1) is 6.54 Å². The molecule has 0 amide bonds. The monoisotopic (exact) mass is 393 g/mol. The molecule has 4 aliphatic rings. The van der Waals surface area contributed by atoms with Crippen LogP contribution in [-0.2, 0) is 22.6 Å². The van der Waals surface area contributed by atoms with Gasteiger partial charge in [-0.15, -0.1) is 0 Å². The minimum absolute atomic E-state index is 0.0658. The number of Topliss-reactive ketones (excluding diaryl/α,β-unsaturated/α-hetero) is 1. The van der Waals surface area contributed by atoms with Crippen LogP contribution >= 0.6 is 0 Å². The summed E-state index contributed by atoms with van der Waals surface area (Å²) in [7, 11) is 0. The predicted molar refractivity (Wildman–Crippen MR) is 106 cm³/mol. The van der Waals surface area contributed by atoms with Crippen molar-refractivity contribution in [3.05, 3.63) is 48.5 Å². The molecule has 1 atom stereocenters. The standard InChI is InChI=1S/C23H27N3O3/c27-20(22-11-17-8-18(12-22)10-19(9-17)13-22)23(21(28)29,15-26-7-1-4-25-26)14-16-2-5-24-6-3-16/h1-7,17-19H,8-15H2,(H,28,29). The molecule has 6 rings (SSSR count). The summed E-state index contributed by atoms with van der Waals surface area (Å²) in [6, 6.07) is 5.40. The molecule has 1 unspecified atom stereocenters. The van der Waals surface area contributed by atoms with Gasteiger partial charge in [0.15, 0.2) is 5.78 Å². The number of carbonyl (C=O) groups excluding carboxylic acids is 1. The average Bonchev–Trinajstić information content (AvgIpc) is 3.19. The summed E-state index contributed by atoms with van der Waals surface area (Å²) in [6.07, 6.45) is 13.1. The number of pyridine rings is 1. The first-order valence-corrected chi connectivity index (χ1v) is 10.6. The van der Waals surface area contributed by atoms with Crippen molar-refractivity contribution in [1.29, 1.82) is 0 Å². The Morgan fingerprint density at radius 3 is 2.21 bits per heavy atom. The van der Waals surface area contributed by atoms with E-state index in [4.69, 9.17) is 0 Å². The van der Waals surface area contributed by atoms with E-state index in [-0.39, 0.29) is 18.7 Å². The number of rotatable bonds is 7. The molecular formula is C23H27N3O3. The van der Waals surface area contributed by atoms with Crippen molar-refractivity contribution in [3.8, 4) is 0 Å². The van der Waals surface area contributed by atoms with Gasteiger partial charge in [-0.05, 0) is 86.5 Å². The van der Waals surface area contributed by atoms with Crippen molar-refractivity contribution in [2.45, 2.75) is 51.5 Å². The molecule has 4 aliphatic carbocycles. The highest BCUT2D eigenvalue weighted by Gasteiger charge is 2.61. The molecule has 0 spiro atoms. The SMILES string of the molecule is O=C(O)C(Cc1ccncc1)(Cn1cccn1)C(=O)C12CC3CC(CC(C3)C1)C2. The predicted octanol–water partition coefficient (Wildman–Crippen LogP) is 3.38. The number of carbonyl (C=O) groups is 2. The molecule has 6 nitrogen and oxygen atoms in total. The van der Waals surface area contributed by atoms with Crippen LogP contribution in [0.25, 0.3) is 0 Å². The average molecular weight is 393 g/mol. The van der Waals surface area contributed by atoms with Crippen LogP contribution < -0.4 is 0 Å². The zero-order chi connectivity index (χ0) is 20.1. The minimum atomic E-state index is -1.51. The molecule has 1 N–H and O–H groups in total. The lowest BCUT2D eigenvalue weighted by atomic mass is 9.46. The van der Waals surface area contributed by atoms with E-state index in [1.807, 2.05) is 12.1 Å². The molecule has 2 aromatic rings. The zero-order valence-corrected chi connectivity index (χ0v) is 16.5. The van der Waals surface area contributed by atoms with Crippen molar-refractivity contribution in [3.63, 3.8) is 0 Å². The molecule has 0 saturated heterocycles. The van der Waals surface area contributed by atoms with Gasteiger partial charge in [-0.2, -0.15) is 5.10 Å². The Kier molecular flexibility index (Phi) is 4.33. The van der Waals surface area contributed by atoms with Crippen LogP contribution in [0, 0.1) is 28.6 Å². The van der Waals surface area contributed by atoms with Crippen molar-refractivity contribution >= 4 is 11.8 Å². The van der Waals surface area contributed by atoms with Gasteiger partial charge in [0.1, 0.15) is 5.41 Å².